The van der Waals surface area contributed by atoms with Crippen LogP contribution in [0.15, 0.2) is 34.2 Å². The van der Waals surface area contributed by atoms with Crippen LogP contribution in [-0.4, -0.2) is 82.2 Å². The van der Waals surface area contributed by atoms with Crippen LogP contribution in [0.1, 0.15) is 32.8 Å². The molecule has 2 heterocycles. The summed E-state index contributed by atoms with van der Waals surface area (Å²) < 4.78 is 33.9. The molecule has 1 aromatic rings. The monoisotopic (exact) mass is 437 g/mol. The lowest BCUT2D eigenvalue weighted by Crippen LogP contribution is -2.46. The zero-order valence-corrected chi connectivity index (χ0v) is 19.3. The molecule has 168 valence electrons. The highest BCUT2D eigenvalue weighted by Gasteiger charge is 2.30. The van der Waals surface area contributed by atoms with Gasteiger partial charge in [0.25, 0.3) is 0 Å². The van der Waals surface area contributed by atoms with Crippen molar-refractivity contribution in [2.75, 3.05) is 46.4 Å². The van der Waals surface area contributed by atoms with Crippen LogP contribution in [0.25, 0.3) is 0 Å². The third-order valence-corrected chi connectivity index (χ3v) is 7.23. The lowest BCUT2D eigenvalue weighted by atomic mass is 10.1. The molecule has 2 aliphatic rings. The molecule has 0 radical (unpaired) electrons. The molecule has 0 bridgehead atoms. The van der Waals surface area contributed by atoms with E-state index in [2.05, 4.69) is 24.8 Å². The maximum atomic E-state index is 12.9. The number of aliphatic imine (C=N–C) groups is 1. The number of rotatable bonds is 5. The van der Waals surface area contributed by atoms with Crippen LogP contribution in [0.2, 0.25) is 0 Å². The van der Waals surface area contributed by atoms with E-state index in [0.29, 0.717) is 17.5 Å². The van der Waals surface area contributed by atoms with Crippen LogP contribution in [0.4, 0.5) is 0 Å². The highest BCUT2D eigenvalue weighted by Crippen LogP contribution is 2.19. The van der Waals surface area contributed by atoms with Crippen molar-refractivity contribution >= 4 is 16.0 Å². The van der Waals surface area contributed by atoms with Crippen molar-refractivity contribution in [2.45, 2.75) is 50.2 Å². The quantitative estimate of drug-likeness (QED) is 0.533. The van der Waals surface area contributed by atoms with Crippen molar-refractivity contribution in [2.24, 2.45) is 4.99 Å². The molecule has 0 saturated carbocycles. The third-order valence-electron chi connectivity index (χ3n) is 5.38. The molecule has 0 spiro atoms. The zero-order chi connectivity index (χ0) is 21.8. The Bertz CT molecular complexity index is 844. The number of morpholine rings is 1. The highest BCUT2D eigenvalue weighted by molar-refractivity contribution is 7.89. The van der Waals surface area contributed by atoms with Gasteiger partial charge in [0.2, 0.25) is 10.0 Å². The summed E-state index contributed by atoms with van der Waals surface area (Å²) in [6, 6.07) is 7.62. The molecule has 2 N–H and O–H groups in total. The van der Waals surface area contributed by atoms with Crippen molar-refractivity contribution in [1.82, 2.24) is 19.8 Å². The summed E-state index contributed by atoms with van der Waals surface area (Å²) in [5.41, 5.74) is 0.179. The number of sulfonamides is 1. The second-order valence-corrected chi connectivity index (χ2v) is 10.6. The van der Waals surface area contributed by atoms with E-state index in [1.807, 2.05) is 32.9 Å². The van der Waals surface area contributed by atoms with E-state index in [-0.39, 0.29) is 0 Å². The van der Waals surface area contributed by atoms with Gasteiger partial charge in [0.05, 0.1) is 18.1 Å². The van der Waals surface area contributed by atoms with Gasteiger partial charge < -0.3 is 15.0 Å². The van der Waals surface area contributed by atoms with Gasteiger partial charge >= 0.3 is 0 Å². The molecular weight excluding hydrogens is 402 g/mol. The summed E-state index contributed by atoms with van der Waals surface area (Å²) in [5.74, 6) is 0.807. The summed E-state index contributed by atoms with van der Waals surface area (Å²) in [6.07, 6.45) is 1.10. The predicted molar refractivity (Wildman–Crippen MR) is 119 cm³/mol. The number of nitrogens with one attached hydrogen (secondary N) is 2. The number of nitrogens with zero attached hydrogens (tertiary/aromatic N) is 3. The Kier molecular flexibility index (Phi) is 7.38. The van der Waals surface area contributed by atoms with Crippen LogP contribution in [0.3, 0.4) is 0 Å². The first-order chi connectivity index (χ1) is 14.2. The average Bonchev–Trinajstić information content (AvgIpc) is 3.18. The van der Waals surface area contributed by atoms with Crippen molar-refractivity contribution in [3.05, 3.63) is 29.8 Å². The molecule has 8 nitrogen and oxygen atoms in total. The molecule has 2 saturated heterocycles. The minimum atomic E-state index is -3.61. The summed E-state index contributed by atoms with van der Waals surface area (Å²) in [6.45, 7) is 11.3. The molecular formula is C21H35N5O3S. The molecule has 3 rings (SSSR count). The predicted octanol–water partition coefficient (Wildman–Crippen LogP) is 1.25. The van der Waals surface area contributed by atoms with Crippen molar-refractivity contribution in [3.63, 3.8) is 0 Å². The van der Waals surface area contributed by atoms with Crippen LogP contribution in [-0.2, 0) is 21.3 Å². The molecule has 0 aliphatic carbocycles. The van der Waals surface area contributed by atoms with E-state index in [0.717, 1.165) is 57.3 Å². The molecule has 1 unspecified atom stereocenters. The Labute approximate surface area is 180 Å². The van der Waals surface area contributed by atoms with E-state index < -0.39 is 15.6 Å². The lowest BCUT2D eigenvalue weighted by Gasteiger charge is -2.32. The molecule has 1 atom stereocenters. The third kappa shape index (κ3) is 5.94. The summed E-state index contributed by atoms with van der Waals surface area (Å²) in [4.78, 5) is 9.49. The topological polar surface area (TPSA) is 86.3 Å². The smallest absolute Gasteiger partial charge is 0.241 e. The van der Waals surface area contributed by atoms with Gasteiger partial charge in [0.1, 0.15) is 0 Å². The summed E-state index contributed by atoms with van der Waals surface area (Å²) in [7, 11) is -1.84. The van der Waals surface area contributed by atoms with Crippen molar-refractivity contribution in [3.8, 4) is 0 Å². The van der Waals surface area contributed by atoms with Gasteiger partial charge in [-0.2, -0.15) is 0 Å². The minimum Gasteiger partial charge on any atom is -0.379 e. The Morgan fingerprint density at radius 2 is 1.90 bits per heavy atom. The van der Waals surface area contributed by atoms with Gasteiger partial charge in [-0.15, -0.1) is 0 Å². The van der Waals surface area contributed by atoms with Gasteiger partial charge in [-0.3, -0.25) is 9.89 Å². The van der Waals surface area contributed by atoms with Gasteiger partial charge in [0, 0.05) is 51.4 Å². The van der Waals surface area contributed by atoms with Gasteiger partial charge in [0.15, 0.2) is 5.96 Å². The maximum absolute atomic E-state index is 12.9. The minimum absolute atomic E-state index is 0.301. The van der Waals surface area contributed by atoms with Crippen molar-refractivity contribution < 1.29 is 13.2 Å². The Morgan fingerprint density at radius 1 is 1.20 bits per heavy atom. The SMILES string of the molecule is CN=C(NCc1ccccc1S(=O)(=O)NC(C)(C)C)N1CCC(N2CCOCC2)C1. The second kappa shape index (κ2) is 9.64. The summed E-state index contributed by atoms with van der Waals surface area (Å²) in [5, 5.41) is 3.37. The number of benzene rings is 1. The number of guanidine groups is 1. The fraction of sp³-hybridized carbons (Fsp3) is 0.667. The fourth-order valence-electron chi connectivity index (χ4n) is 4.05. The summed E-state index contributed by atoms with van der Waals surface area (Å²) >= 11 is 0. The molecule has 2 aliphatic heterocycles. The zero-order valence-electron chi connectivity index (χ0n) is 18.5. The Hall–Kier alpha value is -1.68. The Balaban J connectivity index is 1.65. The van der Waals surface area contributed by atoms with E-state index in [4.69, 9.17) is 4.74 Å². The Morgan fingerprint density at radius 3 is 2.57 bits per heavy atom. The van der Waals surface area contributed by atoms with Crippen LogP contribution < -0.4 is 10.0 Å². The number of hydrogen-bond donors (Lipinski definition) is 2. The van der Waals surface area contributed by atoms with E-state index in [1.165, 1.54) is 0 Å². The number of ether oxygens (including phenoxy) is 1. The van der Waals surface area contributed by atoms with E-state index >= 15 is 0 Å². The molecule has 30 heavy (non-hydrogen) atoms. The maximum Gasteiger partial charge on any atom is 0.241 e. The molecule has 9 heteroatoms. The standard InChI is InChI=1S/C21H35N5O3S/c1-21(2,3)24-30(27,28)19-8-6-5-7-17(19)15-23-20(22-4)26-10-9-18(16-26)25-11-13-29-14-12-25/h5-8,18,24H,9-16H2,1-4H3,(H,22,23). The largest absolute Gasteiger partial charge is 0.379 e. The van der Waals surface area contributed by atoms with E-state index in [9.17, 15) is 8.42 Å². The highest BCUT2D eigenvalue weighted by atomic mass is 32.2. The molecule has 0 aromatic heterocycles. The first-order valence-electron chi connectivity index (χ1n) is 10.6. The van der Waals surface area contributed by atoms with Crippen LogP contribution in [0, 0.1) is 0 Å². The van der Waals surface area contributed by atoms with Crippen LogP contribution >= 0.6 is 0 Å². The molecule has 1 aromatic carbocycles. The average molecular weight is 438 g/mol. The number of likely N-dealkylation sites (tertiary alicyclic amines) is 1. The second-order valence-electron chi connectivity index (χ2n) is 8.90. The first-order valence-corrected chi connectivity index (χ1v) is 12.1. The van der Waals surface area contributed by atoms with E-state index in [1.54, 1.807) is 19.2 Å². The van der Waals surface area contributed by atoms with Crippen molar-refractivity contribution in [1.29, 1.82) is 0 Å². The van der Waals surface area contributed by atoms with Gasteiger partial charge in [-0.1, -0.05) is 18.2 Å². The normalized spacial score (nSPS) is 21.8. The number of hydrogen-bond acceptors (Lipinski definition) is 5. The van der Waals surface area contributed by atoms with Crippen LogP contribution in [0.5, 0.6) is 0 Å². The molecule has 0 amide bonds. The fourth-order valence-corrected chi connectivity index (χ4v) is 5.71. The first kappa shape index (κ1) is 23.0. The lowest BCUT2D eigenvalue weighted by molar-refractivity contribution is 0.0195. The van der Waals surface area contributed by atoms with Gasteiger partial charge in [-0.25, -0.2) is 13.1 Å². The van der Waals surface area contributed by atoms with Gasteiger partial charge in [-0.05, 0) is 38.8 Å². The molecule has 2 fully saturated rings.